The number of fused-ring (bicyclic) bond motifs is 1. The molecule has 0 atom stereocenters. The van der Waals surface area contributed by atoms with Crippen molar-refractivity contribution in [2.24, 2.45) is 5.41 Å². The highest BCUT2D eigenvalue weighted by atomic mass is 35.5. The monoisotopic (exact) mass is 482 g/mol. The predicted octanol–water partition coefficient (Wildman–Crippen LogP) is 4.43. The van der Waals surface area contributed by atoms with Gasteiger partial charge < -0.3 is 29.6 Å². The third-order valence-corrected chi connectivity index (χ3v) is 7.83. The second-order valence-corrected chi connectivity index (χ2v) is 10.1. The molecule has 3 saturated heterocycles. The average molecular weight is 483 g/mol. The summed E-state index contributed by atoms with van der Waals surface area (Å²) in [4.78, 5) is 14.2. The van der Waals surface area contributed by atoms with Crippen LogP contribution in [0, 0.1) is 5.41 Å². The molecule has 9 heteroatoms. The molecule has 180 valence electrons. The van der Waals surface area contributed by atoms with Crippen molar-refractivity contribution in [1.29, 1.82) is 0 Å². The van der Waals surface area contributed by atoms with Gasteiger partial charge in [-0.2, -0.15) is 4.98 Å². The summed E-state index contributed by atoms with van der Waals surface area (Å²) in [5.74, 6) is 1.42. The second-order valence-electron chi connectivity index (χ2n) is 9.66. The molecule has 3 fully saturated rings. The Morgan fingerprint density at radius 2 is 1.85 bits per heavy atom. The topological polar surface area (TPSA) is 78.7 Å². The van der Waals surface area contributed by atoms with Gasteiger partial charge in [0.2, 0.25) is 5.95 Å². The van der Waals surface area contributed by atoms with E-state index in [-0.39, 0.29) is 0 Å². The first-order valence-corrected chi connectivity index (χ1v) is 12.7. The lowest BCUT2D eigenvalue weighted by Gasteiger charge is -2.44. The molecule has 0 unspecified atom stereocenters. The van der Waals surface area contributed by atoms with Crippen LogP contribution in [0.5, 0.6) is 0 Å². The number of ether oxygens (including phenoxy) is 1. The third-order valence-electron chi connectivity index (χ3n) is 7.53. The van der Waals surface area contributed by atoms with Crippen LogP contribution in [0.25, 0.3) is 11.1 Å². The minimum atomic E-state index is 0.435. The summed E-state index contributed by atoms with van der Waals surface area (Å²) in [6.45, 7) is 7.40. The summed E-state index contributed by atoms with van der Waals surface area (Å²) in [7, 11) is 0. The van der Waals surface area contributed by atoms with Crippen molar-refractivity contribution in [3.8, 4) is 0 Å². The third kappa shape index (κ3) is 4.30. The van der Waals surface area contributed by atoms with Crippen LogP contribution in [-0.4, -0.2) is 62.5 Å². The number of rotatable bonds is 4. The summed E-state index contributed by atoms with van der Waals surface area (Å²) >= 11 is 6.64. The molecule has 8 nitrogen and oxygen atoms in total. The van der Waals surface area contributed by atoms with E-state index in [1.807, 2.05) is 18.2 Å². The average Bonchev–Trinajstić information content (AvgIpc) is 3.34. The summed E-state index contributed by atoms with van der Waals surface area (Å²) in [6, 6.07) is 7.92. The molecule has 3 aliphatic rings. The number of benzene rings is 1. The molecule has 34 heavy (non-hydrogen) atoms. The van der Waals surface area contributed by atoms with Crippen LogP contribution in [-0.2, 0) is 4.74 Å². The maximum Gasteiger partial charge on any atom is 0.229 e. The van der Waals surface area contributed by atoms with E-state index in [4.69, 9.17) is 25.7 Å². The molecule has 2 aromatic heterocycles. The van der Waals surface area contributed by atoms with E-state index in [0.29, 0.717) is 16.4 Å². The van der Waals surface area contributed by atoms with Crippen molar-refractivity contribution in [3.63, 3.8) is 0 Å². The van der Waals surface area contributed by atoms with Gasteiger partial charge in [-0.1, -0.05) is 11.6 Å². The fourth-order valence-electron chi connectivity index (χ4n) is 5.54. The number of furan rings is 1. The van der Waals surface area contributed by atoms with E-state index < -0.39 is 0 Å². The normalized spacial score (nSPS) is 20.7. The van der Waals surface area contributed by atoms with Gasteiger partial charge in [0, 0.05) is 44.5 Å². The zero-order valence-electron chi connectivity index (χ0n) is 19.4. The maximum absolute atomic E-state index is 6.64. The van der Waals surface area contributed by atoms with Gasteiger partial charge in [0.25, 0.3) is 0 Å². The number of nitrogens with one attached hydrogen (secondary N) is 2. The first-order valence-electron chi connectivity index (χ1n) is 12.3. The highest BCUT2D eigenvalue weighted by Crippen LogP contribution is 2.40. The summed E-state index contributed by atoms with van der Waals surface area (Å²) in [5, 5.41) is 7.67. The van der Waals surface area contributed by atoms with Gasteiger partial charge in [0.05, 0.1) is 30.2 Å². The van der Waals surface area contributed by atoms with Gasteiger partial charge in [-0.05, 0) is 55.8 Å². The molecule has 3 aromatic rings. The van der Waals surface area contributed by atoms with Crippen LogP contribution in [0.2, 0.25) is 5.02 Å². The molecule has 1 spiro atoms. The summed E-state index contributed by atoms with van der Waals surface area (Å²) in [6.07, 6.45) is 6.64. The largest absolute Gasteiger partial charge is 0.459 e. The van der Waals surface area contributed by atoms with E-state index >= 15 is 0 Å². The standard InChI is InChI=1S/C25H31ClN6O2/c26-19-16-18(2-3-21(19)31-11-14-33-15-12-31)28-24-29-20-4-13-34-22(20)23(30-24)32-9-6-25(7-10-32)5-1-8-27-17-25/h2-4,13,16,27H,1,5-12,14-15,17H2,(H,28,29,30). The molecular weight excluding hydrogens is 452 g/mol. The first kappa shape index (κ1) is 21.9. The molecule has 3 aliphatic heterocycles. The molecule has 1 aromatic carbocycles. The van der Waals surface area contributed by atoms with Crippen molar-refractivity contribution in [2.45, 2.75) is 25.7 Å². The SMILES string of the molecule is Clc1cc(Nc2nc(N3CCC4(CCCNC4)CC3)c3occc3n2)ccc1N1CCOCC1. The van der Waals surface area contributed by atoms with Crippen molar-refractivity contribution in [3.05, 3.63) is 35.6 Å². The Bertz CT molecular complexity index is 1150. The summed E-state index contributed by atoms with van der Waals surface area (Å²) in [5.41, 5.74) is 3.89. The van der Waals surface area contributed by atoms with E-state index in [1.165, 1.54) is 25.7 Å². The zero-order chi connectivity index (χ0) is 23.0. The lowest BCUT2D eigenvalue weighted by atomic mass is 9.73. The molecule has 5 heterocycles. The lowest BCUT2D eigenvalue weighted by Crippen LogP contribution is -2.48. The van der Waals surface area contributed by atoms with Gasteiger partial charge in [-0.3, -0.25) is 0 Å². The number of anilines is 4. The van der Waals surface area contributed by atoms with Gasteiger partial charge in [0.15, 0.2) is 11.4 Å². The fraction of sp³-hybridized carbons (Fsp3) is 0.520. The number of morpholine rings is 1. The first-order chi connectivity index (χ1) is 16.7. The number of hydrogen-bond acceptors (Lipinski definition) is 8. The van der Waals surface area contributed by atoms with Crippen molar-refractivity contribution in [2.75, 3.05) is 67.6 Å². The fourth-order valence-corrected chi connectivity index (χ4v) is 5.84. The molecule has 0 radical (unpaired) electrons. The number of hydrogen-bond donors (Lipinski definition) is 2. The van der Waals surface area contributed by atoms with E-state index in [1.54, 1.807) is 6.26 Å². The van der Waals surface area contributed by atoms with Gasteiger partial charge >= 0.3 is 0 Å². The molecule has 0 bridgehead atoms. The predicted molar refractivity (Wildman–Crippen MR) is 136 cm³/mol. The molecule has 6 rings (SSSR count). The van der Waals surface area contributed by atoms with Crippen molar-refractivity contribution < 1.29 is 9.15 Å². The molecular formula is C25H31ClN6O2. The minimum absolute atomic E-state index is 0.435. The van der Waals surface area contributed by atoms with E-state index in [0.717, 1.165) is 80.8 Å². The smallest absolute Gasteiger partial charge is 0.229 e. The lowest BCUT2D eigenvalue weighted by molar-refractivity contribution is 0.122. The van der Waals surface area contributed by atoms with Crippen molar-refractivity contribution in [1.82, 2.24) is 15.3 Å². The summed E-state index contributed by atoms with van der Waals surface area (Å²) < 4.78 is 11.3. The van der Waals surface area contributed by atoms with Gasteiger partial charge in [0.1, 0.15) is 5.52 Å². The molecule has 0 aliphatic carbocycles. The van der Waals surface area contributed by atoms with Gasteiger partial charge in [-0.15, -0.1) is 0 Å². The number of halogens is 1. The Labute approximate surface area is 204 Å². The highest BCUT2D eigenvalue weighted by Gasteiger charge is 2.36. The second kappa shape index (κ2) is 9.24. The van der Waals surface area contributed by atoms with Crippen LogP contribution in [0.4, 0.5) is 23.1 Å². The van der Waals surface area contributed by atoms with Crippen LogP contribution >= 0.6 is 11.6 Å². The number of piperidine rings is 2. The Hall–Kier alpha value is -2.55. The van der Waals surface area contributed by atoms with E-state index in [9.17, 15) is 0 Å². The Balaban J connectivity index is 1.22. The quantitative estimate of drug-likeness (QED) is 0.565. The van der Waals surface area contributed by atoms with Crippen LogP contribution < -0.4 is 20.4 Å². The Kier molecular flexibility index (Phi) is 5.97. The molecule has 0 saturated carbocycles. The maximum atomic E-state index is 6.64. The zero-order valence-corrected chi connectivity index (χ0v) is 20.1. The minimum Gasteiger partial charge on any atom is -0.459 e. The number of aromatic nitrogens is 2. The molecule has 0 amide bonds. The van der Waals surface area contributed by atoms with Crippen LogP contribution in [0.3, 0.4) is 0 Å². The van der Waals surface area contributed by atoms with Crippen LogP contribution in [0.1, 0.15) is 25.7 Å². The van der Waals surface area contributed by atoms with E-state index in [2.05, 4.69) is 31.5 Å². The highest BCUT2D eigenvalue weighted by molar-refractivity contribution is 6.33. The van der Waals surface area contributed by atoms with Gasteiger partial charge in [-0.25, -0.2) is 4.98 Å². The Morgan fingerprint density at radius 3 is 2.62 bits per heavy atom. The van der Waals surface area contributed by atoms with Crippen LogP contribution in [0.15, 0.2) is 34.9 Å². The van der Waals surface area contributed by atoms with Crippen molar-refractivity contribution >= 4 is 45.8 Å². The molecule has 2 N–H and O–H groups in total. The Morgan fingerprint density at radius 1 is 1.00 bits per heavy atom. The number of nitrogens with zero attached hydrogens (tertiary/aromatic N) is 4.